The van der Waals surface area contributed by atoms with E-state index in [1.54, 1.807) is 9.25 Å². The molecule has 154 valence electrons. The zero-order valence-electron chi connectivity index (χ0n) is 17.3. The maximum atomic E-state index is 13.3. The number of hydrogen-bond acceptors (Lipinski definition) is 5. The highest BCUT2D eigenvalue weighted by Gasteiger charge is 2.19. The number of hydrogen-bond donors (Lipinski definition) is 1. The molecule has 0 aliphatic carbocycles. The van der Waals surface area contributed by atoms with Crippen LogP contribution in [-0.2, 0) is 24.3 Å². The zero-order chi connectivity index (χ0) is 21.0. The lowest BCUT2D eigenvalue weighted by Gasteiger charge is -2.13. The second-order valence-electron chi connectivity index (χ2n) is 7.20. The summed E-state index contributed by atoms with van der Waals surface area (Å²) in [5, 5.41) is 7.88. The number of thioether (sulfide) groups is 1. The largest absolute Gasteiger partial charge is 0.353 e. The standard InChI is InChI=1S/C21H27N5O2S/c1-5-26-19-18(15(4)24-26)23-21(29-13-17(27)22-14(2)3)25(20(19)28)12-11-16-9-7-6-8-10-16/h6-10,14H,5,11-13H2,1-4H3,(H,22,27). The molecule has 0 bridgehead atoms. The molecule has 0 saturated heterocycles. The Labute approximate surface area is 174 Å². The minimum atomic E-state index is -0.111. The van der Waals surface area contributed by atoms with Crippen LogP contribution in [0.3, 0.4) is 0 Å². The molecular formula is C21H27N5O2S. The van der Waals surface area contributed by atoms with Crippen molar-refractivity contribution < 1.29 is 4.79 Å². The van der Waals surface area contributed by atoms with Crippen molar-refractivity contribution in [2.75, 3.05) is 5.75 Å². The van der Waals surface area contributed by atoms with Gasteiger partial charge in [-0.1, -0.05) is 42.1 Å². The predicted molar refractivity (Wildman–Crippen MR) is 116 cm³/mol. The fourth-order valence-electron chi connectivity index (χ4n) is 3.20. The molecule has 0 aliphatic heterocycles. The molecule has 8 heteroatoms. The van der Waals surface area contributed by atoms with Gasteiger partial charge >= 0.3 is 0 Å². The monoisotopic (exact) mass is 413 g/mol. The number of aromatic nitrogens is 4. The van der Waals surface area contributed by atoms with E-state index in [0.717, 1.165) is 11.3 Å². The van der Waals surface area contributed by atoms with E-state index < -0.39 is 0 Å². The summed E-state index contributed by atoms with van der Waals surface area (Å²) < 4.78 is 3.38. The highest BCUT2D eigenvalue weighted by molar-refractivity contribution is 7.99. The van der Waals surface area contributed by atoms with Crippen molar-refractivity contribution in [3.8, 4) is 0 Å². The van der Waals surface area contributed by atoms with Gasteiger partial charge in [-0.2, -0.15) is 5.10 Å². The van der Waals surface area contributed by atoms with Crippen LogP contribution in [-0.4, -0.2) is 37.0 Å². The Bertz CT molecular complexity index is 1060. The minimum Gasteiger partial charge on any atom is -0.353 e. The average molecular weight is 414 g/mol. The number of nitrogens with zero attached hydrogens (tertiary/aromatic N) is 4. The third kappa shape index (κ3) is 4.87. The van der Waals surface area contributed by atoms with E-state index in [1.807, 2.05) is 58.0 Å². The van der Waals surface area contributed by atoms with Crippen LogP contribution in [0.1, 0.15) is 32.0 Å². The summed E-state index contributed by atoms with van der Waals surface area (Å²) >= 11 is 1.29. The van der Waals surface area contributed by atoms with Gasteiger partial charge < -0.3 is 5.32 Å². The Balaban J connectivity index is 1.98. The number of fused-ring (bicyclic) bond motifs is 1. The first-order valence-corrected chi connectivity index (χ1v) is 10.8. The lowest BCUT2D eigenvalue weighted by Crippen LogP contribution is -2.32. The van der Waals surface area contributed by atoms with Crippen molar-refractivity contribution in [2.45, 2.75) is 58.4 Å². The van der Waals surface area contributed by atoms with E-state index in [1.165, 1.54) is 11.8 Å². The smallest absolute Gasteiger partial charge is 0.280 e. The third-order valence-corrected chi connectivity index (χ3v) is 5.51. The van der Waals surface area contributed by atoms with Gasteiger partial charge in [-0.05, 0) is 39.7 Å². The molecule has 0 unspecified atom stereocenters. The minimum absolute atomic E-state index is 0.0730. The molecule has 3 aromatic rings. The summed E-state index contributed by atoms with van der Waals surface area (Å²) in [7, 11) is 0. The highest BCUT2D eigenvalue weighted by Crippen LogP contribution is 2.20. The molecule has 0 spiro atoms. The predicted octanol–water partition coefficient (Wildman–Crippen LogP) is 2.78. The molecule has 0 atom stereocenters. The molecule has 0 radical (unpaired) electrons. The first kappa shape index (κ1) is 21.1. The van der Waals surface area contributed by atoms with Crippen LogP contribution in [0.2, 0.25) is 0 Å². The number of carbonyl (C=O) groups excluding carboxylic acids is 1. The molecular weight excluding hydrogens is 386 g/mol. The van der Waals surface area contributed by atoms with Gasteiger partial charge in [0.05, 0.1) is 11.4 Å². The van der Waals surface area contributed by atoms with Crippen molar-refractivity contribution >= 4 is 28.7 Å². The van der Waals surface area contributed by atoms with Crippen molar-refractivity contribution in [3.05, 3.63) is 51.9 Å². The molecule has 3 rings (SSSR count). The molecule has 0 saturated carbocycles. The highest BCUT2D eigenvalue weighted by atomic mass is 32.2. The Morgan fingerprint density at radius 2 is 1.97 bits per heavy atom. The maximum Gasteiger partial charge on any atom is 0.280 e. The number of aryl methyl sites for hydroxylation is 3. The SMILES string of the molecule is CCn1nc(C)c2nc(SCC(=O)NC(C)C)n(CCc3ccccc3)c(=O)c21. The first-order chi connectivity index (χ1) is 13.9. The summed E-state index contributed by atoms with van der Waals surface area (Å²) in [4.78, 5) is 30.2. The van der Waals surface area contributed by atoms with E-state index in [0.29, 0.717) is 35.7 Å². The first-order valence-electron chi connectivity index (χ1n) is 9.84. The van der Waals surface area contributed by atoms with Gasteiger partial charge in [-0.15, -0.1) is 0 Å². The van der Waals surface area contributed by atoms with Gasteiger partial charge in [0.25, 0.3) is 5.56 Å². The molecule has 0 fully saturated rings. The van der Waals surface area contributed by atoms with Gasteiger partial charge in [0.2, 0.25) is 5.91 Å². The second-order valence-corrected chi connectivity index (χ2v) is 8.14. The number of nitrogens with one attached hydrogen (secondary N) is 1. The number of amides is 1. The van der Waals surface area contributed by atoms with E-state index in [2.05, 4.69) is 10.4 Å². The quantitative estimate of drug-likeness (QED) is 0.454. The molecule has 0 aliphatic rings. The molecule has 1 N–H and O–H groups in total. The van der Waals surface area contributed by atoms with E-state index in [4.69, 9.17) is 4.98 Å². The van der Waals surface area contributed by atoms with Crippen molar-refractivity contribution in [2.24, 2.45) is 0 Å². The normalized spacial score (nSPS) is 11.3. The van der Waals surface area contributed by atoms with Gasteiger partial charge in [-0.25, -0.2) is 4.98 Å². The topological polar surface area (TPSA) is 81.8 Å². The van der Waals surface area contributed by atoms with Gasteiger partial charge in [0, 0.05) is 19.1 Å². The van der Waals surface area contributed by atoms with Gasteiger partial charge in [0.15, 0.2) is 10.7 Å². The van der Waals surface area contributed by atoms with Crippen LogP contribution in [0.15, 0.2) is 40.3 Å². The Kier molecular flexibility index (Phi) is 6.74. The molecule has 7 nitrogen and oxygen atoms in total. The number of benzene rings is 1. The maximum absolute atomic E-state index is 13.3. The molecule has 2 heterocycles. The fraction of sp³-hybridized carbons (Fsp3) is 0.429. The fourth-order valence-corrected chi connectivity index (χ4v) is 4.03. The van der Waals surface area contributed by atoms with Gasteiger partial charge in [-0.3, -0.25) is 18.8 Å². The summed E-state index contributed by atoms with van der Waals surface area (Å²) in [6.45, 7) is 8.75. The molecule has 1 aromatic carbocycles. The molecule has 29 heavy (non-hydrogen) atoms. The Morgan fingerprint density at radius 3 is 2.62 bits per heavy atom. The van der Waals surface area contributed by atoms with Crippen LogP contribution in [0, 0.1) is 6.92 Å². The van der Waals surface area contributed by atoms with Crippen LogP contribution in [0.5, 0.6) is 0 Å². The number of carbonyl (C=O) groups is 1. The average Bonchev–Trinajstić information content (AvgIpc) is 3.02. The number of rotatable bonds is 8. The summed E-state index contributed by atoms with van der Waals surface area (Å²) in [6.07, 6.45) is 0.707. The van der Waals surface area contributed by atoms with Crippen LogP contribution < -0.4 is 10.9 Å². The van der Waals surface area contributed by atoms with Crippen LogP contribution in [0.4, 0.5) is 0 Å². The van der Waals surface area contributed by atoms with Crippen LogP contribution in [0.25, 0.3) is 11.0 Å². The lowest BCUT2D eigenvalue weighted by molar-refractivity contribution is -0.119. The Hall–Kier alpha value is -2.61. The molecule has 2 aromatic heterocycles. The second kappa shape index (κ2) is 9.26. The Morgan fingerprint density at radius 1 is 1.24 bits per heavy atom. The molecule has 1 amide bonds. The van der Waals surface area contributed by atoms with E-state index in [9.17, 15) is 9.59 Å². The summed E-state index contributed by atoms with van der Waals surface area (Å²) in [5.41, 5.74) is 2.89. The third-order valence-electron chi connectivity index (χ3n) is 4.53. The summed E-state index contributed by atoms with van der Waals surface area (Å²) in [6, 6.07) is 10.1. The van der Waals surface area contributed by atoms with Gasteiger partial charge in [0.1, 0.15) is 5.52 Å². The van der Waals surface area contributed by atoms with Crippen molar-refractivity contribution in [1.29, 1.82) is 0 Å². The lowest BCUT2D eigenvalue weighted by atomic mass is 10.1. The van der Waals surface area contributed by atoms with Crippen molar-refractivity contribution in [1.82, 2.24) is 24.6 Å². The van der Waals surface area contributed by atoms with Crippen LogP contribution >= 0.6 is 11.8 Å². The van der Waals surface area contributed by atoms with E-state index in [-0.39, 0.29) is 23.3 Å². The van der Waals surface area contributed by atoms with E-state index >= 15 is 0 Å². The summed E-state index contributed by atoms with van der Waals surface area (Å²) in [5.74, 6) is 0.137. The zero-order valence-corrected chi connectivity index (χ0v) is 18.1. The van der Waals surface area contributed by atoms with Crippen molar-refractivity contribution in [3.63, 3.8) is 0 Å².